The van der Waals surface area contributed by atoms with Gasteiger partial charge in [-0.25, -0.2) is 0 Å². The normalized spacial score (nSPS) is 11.1. The summed E-state index contributed by atoms with van der Waals surface area (Å²) in [6.45, 7) is 0. The van der Waals surface area contributed by atoms with E-state index >= 15 is 0 Å². The lowest BCUT2D eigenvalue weighted by Crippen LogP contribution is -2.10. The maximum Gasteiger partial charge on any atom is 0.138 e. The van der Waals surface area contributed by atoms with Crippen LogP contribution in [0.25, 0.3) is 43.5 Å². The molecule has 1 aromatic heterocycles. The van der Waals surface area contributed by atoms with Gasteiger partial charge in [0.1, 0.15) is 11.2 Å². The second-order valence-corrected chi connectivity index (χ2v) is 12.4. The zero-order valence-corrected chi connectivity index (χ0v) is 27.4. The average molecular weight is 653 g/mol. The molecular weight excluding hydrogens is 625 g/mol. The SMILES string of the molecule is N#Cc1ccc(N(c2ccccc2)c2cc3oc4cc(N(c5ccccc5)c5ccc(C#N)cc5)c5ccccc5c4c3c3ccccc23)cc1. The molecule has 51 heavy (non-hydrogen) atoms. The van der Waals surface area contributed by atoms with Gasteiger partial charge in [-0.2, -0.15) is 10.5 Å². The molecule has 0 bridgehead atoms. The van der Waals surface area contributed by atoms with Crippen molar-refractivity contribution in [2.75, 3.05) is 9.80 Å². The molecule has 0 aliphatic carbocycles. The van der Waals surface area contributed by atoms with Gasteiger partial charge >= 0.3 is 0 Å². The van der Waals surface area contributed by atoms with Gasteiger partial charge in [0.2, 0.25) is 0 Å². The van der Waals surface area contributed by atoms with Crippen molar-refractivity contribution in [2.45, 2.75) is 0 Å². The average Bonchev–Trinajstić information content (AvgIpc) is 3.58. The fourth-order valence-electron chi connectivity index (χ4n) is 7.21. The van der Waals surface area contributed by atoms with Crippen molar-refractivity contribution >= 4 is 77.6 Å². The lowest BCUT2D eigenvalue weighted by molar-refractivity contribution is 0.669. The highest BCUT2D eigenvalue weighted by Gasteiger charge is 2.24. The van der Waals surface area contributed by atoms with E-state index < -0.39 is 0 Å². The van der Waals surface area contributed by atoms with Gasteiger partial charge in [0.25, 0.3) is 0 Å². The Balaban J connectivity index is 1.35. The maximum atomic E-state index is 9.52. The first-order valence-electron chi connectivity index (χ1n) is 16.7. The van der Waals surface area contributed by atoms with E-state index in [4.69, 9.17) is 4.42 Å². The minimum absolute atomic E-state index is 0.609. The minimum Gasteiger partial charge on any atom is -0.456 e. The monoisotopic (exact) mass is 652 g/mol. The fourth-order valence-corrected chi connectivity index (χ4v) is 7.21. The minimum atomic E-state index is 0.609. The van der Waals surface area contributed by atoms with E-state index in [2.05, 4.69) is 107 Å². The van der Waals surface area contributed by atoms with E-state index in [0.29, 0.717) is 11.1 Å². The first kappa shape index (κ1) is 29.8. The van der Waals surface area contributed by atoms with Gasteiger partial charge in [0.05, 0.1) is 34.6 Å². The predicted molar refractivity (Wildman–Crippen MR) is 208 cm³/mol. The molecule has 8 aromatic carbocycles. The molecule has 0 saturated heterocycles. The van der Waals surface area contributed by atoms with Gasteiger partial charge < -0.3 is 14.2 Å². The molecule has 0 N–H and O–H groups in total. The first-order valence-corrected chi connectivity index (χ1v) is 16.7. The van der Waals surface area contributed by atoms with Crippen molar-refractivity contribution in [1.29, 1.82) is 10.5 Å². The lowest BCUT2D eigenvalue weighted by atomic mass is 9.96. The molecule has 0 fully saturated rings. The van der Waals surface area contributed by atoms with Crippen LogP contribution in [0, 0.1) is 22.7 Å². The molecule has 0 aliphatic heterocycles. The summed E-state index contributed by atoms with van der Waals surface area (Å²) >= 11 is 0. The Morgan fingerprint density at radius 3 is 1.08 bits per heavy atom. The second kappa shape index (κ2) is 12.3. The summed E-state index contributed by atoms with van der Waals surface area (Å²) in [5.74, 6) is 0. The third-order valence-electron chi connectivity index (χ3n) is 9.46. The number of anilines is 6. The van der Waals surface area contributed by atoms with Gasteiger partial charge in [-0.15, -0.1) is 0 Å². The third kappa shape index (κ3) is 5.01. The number of fused-ring (bicyclic) bond motifs is 7. The molecule has 0 amide bonds. The number of rotatable bonds is 6. The third-order valence-corrected chi connectivity index (χ3v) is 9.46. The van der Waals surface area contributed by atoms with Crippen molar-refractivity contribution in [2.24, 2.45) is 0 Å². The van der Waals surface area contributed by atoms with Crippen LogP contribution in [0.2, 0.25) is 0 Å². The Morgan fingerprint density at radius 2 is 0.706 bits per heavy atom. The molecule has 0 aliphatic rings. The summed E-state index contributed by atoms with van der Waals surface area (Å²) in [7, 11) is 0. The van der Waals surface area contributed by atoms with E-state index in [9.17, 15) is 10.5 Å². The lowest BCUT2D eigenvalue weighted by Gasteiger charge is -2.27. The molecule has 0 unspecified atom stereocenters. The van der Waals surface area contributed by atoms with Crippen LogP contribution in [0.5, 0.6) is 0 Å². The highest BCUT2D eigenvalue weighted by Crippen LogP contribution is 2.48. The summed E-state index contributed by atoms with van der Waals surface area (Å²) in [5, 5.41) is 25.5. The Bertz CT molecular complexity index is 2620. The largest absolute Gasteiger partial charge is 0.456 e. The van der Waals surface area contributed by atoms with Crippen molar-refractivity contribution in [3.63, 3.8) is 0 Å². The van der Waals surface area contributed by atoms with Crippen molar-refractivity contribution in [3.8, 4) is 12.1 Å². The summed E-state index contributed by atoms with van der Waals surface area (Å²) in [6.07, 6.45) is 0. The van der Waals surface area contributed by atoms with E-state index in [1.165, 1.54) is 0 Å². The summed E-state index contributed by atoms with van der Waals surface area (Å²) < 4.78 is 6.93. The van der Waals surface area contributed by atoms with Crippen LogP contribution in [-0.2, 0) is 0 Å². The Hall–Kier alpha value is -7.34. The van der Waals surface area contributed by atoms with Crippen molar-refractivity contribution in [3.05, 3.63) is 181 Å². The van der Waals surface area contributed by atoms with Crippen LogP contribution >= 0.6 is 0 Å². The number of furan rings is 1. The van der Waals surface area contributed by atoms with Crippen LogP contribution in [0.1, 0.15) is 11.1 Å². The predicted octanol–water partition coefficient (Wildman–Crippen LogP) is 12.6. The highest BCUT2D eigenvalue weighted by molar-refractivity contribution is 6.30. The maximum absolute atomic E-state index is 9.52. The Morgan fingerprint density at radius 1 is 0.373 bits per heavy atom. The van der Waals surface area contributed by atoms with Crippen LogP contribution < -0.4 is 9.80 Å². The Labute approximate surface area is 294 Å². The fraction of sp³-hybridized carbons (Fsp3) is 0. The molecule has 9 aromatic rings. The van der Waals surface area contributed by atoms with Gasteiger partial charge in [-0.1, -0.05) is 84.9 Å². The standard InChI is InChI=1S/C46H28N4O/c47-29-31-19-23-35(24-20-31)49(33-11-3-1-4-12-33)41-27-43-45(39-17-9-7-15-37(39)41)46-40-18-10-8-16-38(40)42(28-44(46)51-43)50(34-13-5-2-6-14-34)36-25-21-32(30-48)22-26-36/h1-28H. The van der Waals surface area contributed by atoms with Crippen molar-refractivity contribution in [1.82, 2.24) is 0 Å². The molecule has 0 spiro atoms. The van der Waals surface area contributed by atoms with E-state index in [1.54, 1.807) is 0 Å². The molecule has 0 radical (unpaired) electrons. The molecule has 1 heterocycles. The summed E-state index contributed by atoms with van der Waals surface area (Å²) in [5.41, 5.74) is 8.59. The molecule has 238 valence electrons. The number of benzene rings is 8. The zero-order valence-electron chi connectivity index (χ0n) is 27.4. The summed E-state index contributed by atoms with van der Waals surface area (Å²) in [6, 6.07) is 61.7. The van der Waals surface area contributed by atoms with Crippen molar-refractivity contribution < 1.29 is 4.42 Å². The molecule has 0 saturated carbocycles. The first-order chi connectivity index (χ1) is 25.2. The van der Waals surface area contributed by atoms with Crippen LogP contribution in [-0.4, -0.2) is 0 Å². The molecule has 0 atom stereocenters. The number of nitrogens with zero attached hydrogens (tertiary/aromatic N) is 4. The number of nitriles is 2. The van der Waals surface area contributed by atoms with Gasteiger partial charge in [-0.3, -0.25) is 0 Å². The molecule has 5 heteroatoms. The van der Waals surface area contributed by atoms with E-state index in [0.717, 1.165) is 77.6 Å². The molecular formula is C46H28N4O. The second-order valence-electron chi connectivity index (χ2n) is 12.4. The number of hydrogen-bond acceptors (Lipinski definition) is 5. The number of para-hydroxylation sites is 2. The Kier molecular flexibility index (Phi) is 7.17. The molecule has 5 nitrogen and oxygen atoms in total. The van der Waals surface area contributed by atoms with Gasteiger partial charge in [0.15, 0.2) is 0 Å². The topological polar surface area (TPSA) is 67.2 Å². The number of hydrogen-bond donors (Lipinski definition) is 0. The van der Waals surface area contributed by atoms with Crippen LogP contribution in [0.3, 0.4) is 0 Å². The van der Waals surface area contributed by atoms with Gasteiger partial charge in [-0.05, 0) is 83.6 Å². The smallest absolute Gasteiger partial charge is 0.138 e. The zero-order chi connectivity index (χ0) is 34.3. The highest BCUT2D eigenvalue weighted by atomic mass is 16.3. The summed E-state index contributed by atoms with van der Waals surface area (Å²) in [4.78, 5) is 4.45. The quantitative estimate of drug-likeness (QED) is 0.179. The van der Waals surface area contributed by atoms with Crippen LogP contribution in [0.15, 0.2) is 174 Å². The van der Waals surface area contributed by atoms with E-state index in [-0.39, 0.29) is 0 Å². The van der Waals surface area contributed by atoms with Gasteiger partial charge in [0, 0.05) is 56.4 Å². The molecule has 9 rings (SSSR count). The van der Waals surface area contributed by atoms with Crippen LogP contribution in [0.4, 0.5) is 34.1 Å². The van der Waals surface area contributed by atoms with E-state index in [1.807, 2.05) is 84.9 Å².